The highest BCUT2D eigenvalue weighted by molar-refractivity contribution is 5.78. The molecule has 0 spiro atoms. The fraction of sp³-hybridized carbons (Fsp3) is 0.562. The van der Waals surface area contributed by atoms with E-state index in [1.807, 2.05) is 0 Å². The van der Waals surface area contributed by atoms with Gasteiger partial charge in [0, 0.05) is 0 Å². The van der Waals surface area contributed by atoms with Crippen LogP contribution in [0.2, 0.25) is 0 Å². The second kappa shape index (κ2) is 6.67. The summed E-state index contributed by atoms with van der Waals surface area (Å²) < 4.78 is 56.6. The SMILES string of the molecule is COC(=O)C(CC1CCCC1)c1ccc(F)c(C(F)(F)F)c1. The van der Waals surface area contributed by atoms with Crippen molar-refractivity contribution >= 4 is 5.97 Å². The van der Waals surface area contributed by atoms with Crippen molar-refractivity contribution in [1.29, 1.82) is 0 Å². The number of ether oxygens (including phenoxy) is 1. The number of alkyl halides is 3. The van der Waals surface area contributed by atoms with Gasteiger partial charge in [-0.25, -0.2) is 4.39 Å². The molecule has 1 aromatic carbocycles. The summed E-state index contributed by atoms with van der Waals surface area (Å²) in [5.41, 5.74) is -1.18. The van der Waals surface area contributed by atoms with Crippen molar-refractivity contribution in [2.45, 2.75) is 44.2 Å². The third kappa shape index (κ3) is 3.78. The predicted molar refractivity (Wildman–Crippen MR) is 72.7 cm³/mol. The molecular weight excluding hydrogens is 300 g/mol. The summed E-state index contributed by atoms with van der Waals surface area (Å²) in [7, 11) is 1.21. The van der Waals surface area contributed by atoms with E-state index in [2.05, 4.69) is 0 Å². The van der Waals surface area contributed by atoms with Gasteiger partial charge in [-0.3, -0.25) is 4.79 Å². The van der Waals surface area contributed by atoms with Crippen LogP contribution in [-0.2, 0) is 15.7 Å². The standard InChI is InChI=1S/C16H18F4O2/c1-22-15(21)12(8-10-4-2-3-5-10)11-6-7-14(17)13(9-11)16(18,19)20/h6-7,9-10,12H,2-5,8H2,1H3. The van der Waals surface area contributed by atoms with Gasteiger partial charge in [0.25, 0.3) is 0 Å². The Bertz CT molecular complexity index is 533. The number of hydrogen-bond donors (Lipinski definition) is 0. The third-order valence-corrected chi connectivity index (χ3v) is 4.23. The highest BCUT2D eigenvalue weighted by Gasteiger charge is 2.36. The minimum atomic E-state index is -4.78. The molecule has 2 nitrogen and oxygen atoms in total. The summed E-state index contributed by atoms with van der Waals surface area (Å²) in [6.45, 7) is 0. The number of esters is 1. The maximum Gasteiger partial charge on any atom is 0.419 e. The molecule has 1 fully saturated rings. The lowest BCUT2D eigenvalue weighted by Crippen LogP contribution is -2.18. The molecule has 1 saturated carbocycles. The molecule has 122 valence electrons. The summed E-state index contributed by atoms with van der Waals surface area (Å²) >= 11 is 0. The van der Waals surface area contributed by atoms with Crippen molar-refractivity contribution in [3.05, 3.63) is 35.1 Å². The van der Waals surface area contributed by atoms with E-state index in [1.54, 1.807) is 0 Å². The van der Waals surface area contributed by atoms with Crippen LogP contribution in [0.1, 0.15) is 49.1 Å². The summed E-state index contributed by atoms with van der Waals surface area (Å²) in [5.74, 6) is -2.40. The molecule has 0 aliphatic heterocycles. The molecule has 0 N–H and O–H groups in total. The first kappa shape index (κ1) is 16.8. The third-order valence-electron chi connectivity index (χ3n) is 4.23. The number of carbonyl (C=O) groups excluding carboxylic acids is 1. The Morgan fingerprint density at radius 1 is 1.32 bits per heavy atom. The lowest BCUT2D eigenvalue weighted by molar-refractivity contribution is -0.143. The molecule has 0 aromatic heterocycles. The quantitative estimate of drug-likeness (QED) is 0.595. The van der Waals surface area contributed by atoms with Gasteiger partial charge >= 0.3 is 12.1 Å². The average molecular weight is 318 g/mol. The van der Waals surface area contributed by atoms with Gasteiger partial charge in [0.15, 0.2) is 0 Å². The Labute approximate surface area is 126 Å². The van der Waals surface area contributed by atoms with E-state index in [-0.39, 0.29) is 5.56 Å². The first-order chi connectivity index (χ1) is 10.3. The van der Waals surface area contributed by atoms with Crippen LogP contribution < -0.4 is 0 Å². The maximum absolute atomic E-state index is 13.4. The summed E-state index contributed by atoms with van der Waals surface area (Å²) in [6.07, 6.45) is -0.295. The molecule has 1 unspecified atom stereocenters. The first-order valence-corrected chi connectivity index (χ1v) is 7.27. The van der Waals surface area contributed by atoms with E-state index in [0.29, 0.717) is 12.3 Å². The lowest BCUT2D eigenvalue weighted by Gasteiger charge is -2.20. The molecular formula is C16H18F4O2. The van der Waals surface area contributed by atoms with Crippen molar-refractivity contribution in [1.82, 2.24) is 0 Å². The Morgan fingerprint density at radius 3 is 2.50 bits per heavy atom. The molecule has 6 heteroatoms. The van der Waals surface area contributed by atoms with Crippen LogP contribution in [-0.4, -0.2) is 13.1 Å². The lowest BCUT2D eigenvalue weighted by atomic mass is 9.87. The van der Waals surface area contributed by atoms with Crippen LogP contribution in [0, 0.1) is 11.7 Å². The van der Waals surface area contributed by atoms with Crippen molar-refractivity contribution in [3.8, 4) is 0 Å². The van der Waals surface area contributed by atoms with Crippen LogP contribution in [0.25, 0.3) is 0 Å². The van der Waals surface area contributed by atoms with E-state index in [9.17, 15) is 22.4 Å². The number of rotatable bonds is 4. The zero-order valence-electron chi connectivity index (χ0n) is 12.3. The molecule has 0 saturated heterocycles. The molecule has 1 aliphatic carbocycles. The van der Waals surface area contributed by atoms with Gasteiger partial charge in [-0.2, -0.15) is 13.2 Å². The molecule has 2 rings (SSSR count). The number of carbonyl (C=O) groups is 1. The number of benzene rings is 1. The topological polar surface area (TPSA) is 26.3 Å². The van der Waals surface area contributed by atoms with Crippen LogP contribution in [0.5, 0.6) is 0 Å². The van der Waals surface area contributed by atoms with E-state index < -0.39 is 29.4 Å². The van der Waals surface area contributed by atoms with E-state index in [0.717, 1.165) is 37.8 Å². The highest BCUT2D eigenvalue weighted by atomic mass is 19.4. The van der Waals surface area contributed by atoms with Gasteiger partial charge in [0.05, 0.1) is 18.6 Å². The molecule has 1 aromatic rings. The molecule has 22 heavy (non-hydrogen) atoms. The van der Waals surface area contributed by atoms with Gasteiger partial charge in [-0.05, 0) is 30.0 Å². The van der Waals surface area contributed by atoms with Crippen LogP contribution in [0.4, 0.5) is 17.6 Å². The zero-order valence-corrected chi connectivity index (χ0v) is 12.3. The molecule has 0 amide bonds. The van der Waals surface area contributed by atoms with Gasteiger partial charge in [0.1, 0.15) is 5.82 Å². The smallest absolute Gasteiger partial charge is 0.419 e. The first-order valence-electron chi connectivity index (χ1n) is 7.27. The molecule has 0 bridgehead atoms. The van der Waals surface area contributed by atoms with Gasteiger partial charge < -0.3 is 4.74 Å². The largest absolute Gasteiger partial charge is 0.469 e. The van der Waals surface area contributed by atoms with Crippen molar-refractivity contribution in [2.24, 2.45) is 5.92 Å². The van der Waals surface area contributed by atoms with Gasteiger partial charge in [-0.15, -0.1) is 0 Å². The van der Waals surface area contributed by atoms with E-state index >= 15 is 0 Å². The number of halogens is 4. The van der Waals surface area contributed by atoms with Crippen molar-refractivity contribution < 1.29 is 27.1 Å². The van der Waals surface area contributed by atoms with Crippen LogP contribution in [0.15, 0.2) is 18.2 Å². The number of hydrogen-bond acceptors (Lipinski definition) is 2. The fourth-order valence-electron chi connectivity index (χ4n) is 3.07. The minimum absolute atomic E-state index is 0.160. The summed E-state index contributed by atoms with van der Waals surface area (Å²) in [4.78, 5) is 11.9. The van der Waals surface area contributed by atoms with Gasteiger partial charge in [-0.1, -0.05) is 31.7 Å². The summed E-state index contributed by atoms with van der Waals surface area (Å²) in [5, 5.41) is 0. The maximum atomic E-state index is 13.4. The fourth-order valence-corrected chi connectivity index (χ4v) is 3.07. The molecule has 0 heterocycles. The molecule has 0 radical (unpaired) electrons. The number of methoxy groups -OCH3 is 1. The highest BCUT2D eigenvalue weighted by Crippen LogP contribution is 2.37. The predicted octanol–water partition coefficient (Wildman–Crippen LogP) is 4.68. The molecule has 1 atom stereocenters. The van der Waals surface area contributed by atoms with E-state index in [1.165, 1.54) is 13.2 Å². The second-order valence-electron chi connectivity index (χ2n) is 5.70. The zero-order chi connectivity index (χ0) is 16.3. The Kier molecular flexibility index (Phi) is 5.08. The minimum Gasteiger partial charge on any atom is -0.469 e. The Hall–Kier alpha value is -1.59. The average Bonchev–Trinajstić information content (AvgIpc) is 2.96. The van der Waals surface area contributed by atoms with Crippen LogP contribution in [0.3, 0.4) is 0 Å². The molecule has 1 aliphatic rings. The van der Waals surface area contributed by atoms with Crippen molar-refractivity contribution in [2.75, 3.05) is 7.11 Å². The van der Waals surface area contributed by atoms with Crippen LogP contribution >= 0.6 is 0 Å². The second-order valence-corrected chi connectivity index (χ2v) is 5.70. The Morgan fingerprint density at radius 2 is 1.95 bits per heavy atom. The van der Waals surface area contributed by atoms with E-state index in [4.69, 9.17) is 4.74 Å². The van der Waals surface area contributed by atoms with Gasteiger partial charge in [0.2, 0.25) is 0 Å². The summed E-state index contributed by atoms with van der Waals surface area (Å²) in [6, 6.07) is 2.73. The monoisotopic (exact) mass is 318 g/mol. The Balaban J connectivity index is 2.32. The normalized spacial score (nSPS) is 17.5. The van der Waals surface area contributed by atoms with Crippen molar-refractivity contribution in [3.63, 3.8) is 0 Å².